The van der Waals surface area contributed by atoms with Gasteiger partial charge in [0.1, 0.15) is 5.75 Å². The van der Waals surface area contributed by atoms with Gasteiger partial charge in [0.15, 0.2) is 0 Å². The van der Waals surface area contributed by atoms with Crippen molar-refractivity contribution in [1.82, 2.24) is 0 Å². The van der Waals surface area contributed by atoms with Crippen LogP contribution in [0.2, 0.25) is 0 Å². The lowest BCUT2D eigenvalue weighted by Gasteiger charge is -2.24. The predicted octanol–water partition coefficient (Wildman–Crippen LogP) is 5.79. The number of benzene rings is 1. The molecule has 1 nitrogen and oxygen atoms in total. The van der Waals surface area contributed by atoms with E-state index >= 15 is 0 Å². The van der Waals surface area contributed by atoms with Crippen LogP contribution in [0.25, 0.3) is 5.57 Å². The molecule has 1 unspecified atom stereocenters. The summed E-state index contributed by atoms with van der Waals surface area (Å²) in [5.74, 6) is 2.17. The third-order valence-electron chi connectivity index (χ3n) is 4.90. The number of hydrogen-bond acceptors (Lipinski definition) is 1. The van der Waals surface area contributed by atoms with Gasteiger partial charge in [-0.15, -0.1) is 0 Å². The van der Waals surface area contributed by atoms with Crippen LogP contribution in [0.4, 0.5) is 0 Å². The highest BCUT2D eigenvalue weighted by Gasteiger charge is 2.16. The number of allylic oxidation sites excluding steroid dienone is 2. The Hall–Kier alpha value is -1.24. The van der Waals surface area contributed by atoms with Crippen LogP contribution in [0.3, 0.4) is 0 Å². The monoisotopic (exact) mass is 272 g/mol. The number of hydrogen-bond donors (Lipinski definition) is 1. The van der Waals surface area contributed by atoms with Crippen LogP contribution >= 0.6 is 0 Å². The molecule has 0 aromatic heterocycles. The number of rotatable bonds is 6. The number of phenolic OH excluding ortho intramolecular Hbond substituents is 1. The minimum absolute atomic E-state index is 0.355. The molecule has 1 aromatic rings. The zero-order valence-electron chi connectivity index (χ0n) is 12.9. The van der Waals surface area contributed by atoms with E-state index in [0.717, 1.165) is 11.8 Å². The van der Waals surface area contributed by atoms with Crippen LogP contribution in [-0.2, 0) is 0 Å². The minimum atomic E-state index is 0.355. The van der Waals surface area contributed by atoms with Crippen LogP contribution < -0.4 is 0 Å². The van der Waals surface area contributed by atoms with Gasteiger partial charge in [-0.05, 0) is 60.8 Å². The topological polar surface area (TPSA) is 20.2 Å². The fraction of sp³-hybridized carbons (Fsp3) is 0.579. The Kier molecular flexibility index (Phi) is 5.70. The van der Waals surface area contributed by atoms with Gasteiger partial charge in [-0.25, -0.2) is 0 Å². The molecule has 0 spiro atoms. The molecule has 1 N–H and O–H groups in total. The highest BCUT2D eigenvalue weighted by Crippen LogP contribution is 2.34. The van der Waals surface area contributed by atoms with Crippen molar-refractivity contribution < 1.29 is 5.11 Å². The van der Waals surface area contributed by atoms with Crippen molar-refractivity contribution in [3.63, 3.8) is 0 Å². The lowest BCUT2D eigenvalue weighted by atomic mass is 9.82. The molecule has 0 saturated carbocycles. The highest BCUT2D eigenvalue weighted by molar-refractivity contribution is 5.66. The molecular weight excluding hydrogens is 244 g/mol. The molecule has 0 aliphatic heterocycles. The van der Waals surface area contributed by atoms with Gasteiger partial charge in [0.2, 0.25) is 0 Å². The highest BCUT2D eigenvalue weighted by atomic mass is 16.3. The molecule has 20 heavy (non-hydrogen) atoms. The van der Waals surface area contributed by atoms with Crippen molar-refractivity contribution in [1.29, 1.82) is 0 Å². The summed E-state index contributed by atoms with van der Waals surface area (Å²) in [7, 11) is 0. The first-order valence-corrected chi connectivity index (χ1v) is 8.21. The summed E-state index contributed by atoms with van der Waals surface area (Å²) in [6.07, 6.45) is 11.6. The quantitative estimate of drug-likeness (QED) is 0.694. The first-order valence-electron chi connectivity index (χ1n) is 8.21. The standard InChI is InChI=1S/C19H28O/c1-3-15(4-2)5-6-16-7-9-17(10-8-16)18-11-13-19(20)14-12-18/h9,11-16,20H,3-8,10H2,1-2H3. The van der Waals surface area contributed by atoms with Gasteiger partial charge in [0.25, 0.3) is 0 Å². The lowest BCUT2D eigenvalue weighted by molar-refractivity contribution is 0.361. The molecule has 1 atom stereocenters. The Morgan fingerprint density at radius 3 is 2.40 bits per heavy atom. The van der Waals surface area contributed by atoms with Crippen molar-refractivity contribution in [3.05, 3.63) is 35.9 Å². The fourth-order valence-corrected chi connectivity index (χ4v) is 3.26. The van der Waals surface area contributed by atoms with E-state index in [-0.39, 0.29) is 0 Å². The van der Waals surface area contributed by atoms with E-state index < -0.39 is 0 Å². The SMILES string of the molecule is CCC(CC)CCC1CC=C(c2ccc(O)cc2)CC1. The summed E-state index contributed by atoms with van der Waals surface area (Å²) in [4.78, 5) is 0. The fourth-order valence-electron chi connectivity index (χ4n) is 3.26. The van der Waals surface area contributed by atoms with Crippen molar-refractivity contribution in [2.24, 2.45) is 11.8 Å². The molecule has 2 rings (SSSR count). The maximum atomic E-state index is 9.35. The van der Waals surface area contributed by atoms with E-state index in [4.69, 9.17) is 0 Å². The molecule has 0 saturated heterocycles. The average Bonchev–Trinajstić information content (AvgIpc) is 2.50. The molecule has 1 aromatic carbocycles. The molecule has 110 valence electrons. The molecule has 0 fully saturated rings. The molecular formula is C19H28O. The van der Waals surface area contributed by atoms with Crippen LogP contribution in [0.5, 0.6) is 5.75 Å². The Bertz CT molecular complexity index is 426. The molecule has 1 aliphatic carbocycles. The van der Waals surface area contributed by atoms with Gasteiger partial charge in [-0.2, -0.15) is 0 Å². The third-order valence-corrected chi connectivity index (χ3v) is 4.90. The maximum Gasteiger partial charge on any atom is 0.115 e. The summed E-state index contributed by atoms with van der Waals surface area (Å²) in [6, 6.07) is 7.64. The van der Waals surface area contributed by atoms with E-state index in [1.54, 1.807) is 12.1 Å². The van der Waals surface area contributed by atoms with E-state index in [9.17, 15) is 5.11 Å². The lowest BCUT2D eigenvalue weighted by Crippen LogP contribution is -2.08. The summed E-state index contributed by atoms with van der Waals surface area (Å²) in [5.41, 5.74) is 2.74. The van der Waals surface area contributed by atoms with Crippen molar-refractivity contribution in [2.45, 2.75) is 58.8 Å². The molecule has 1 aliphatic rings. The Morgan fingerprint density at radius 2 is 1.85 bits per heavy atom. The van der Waals surface area contributed by atoms with Crippen LogP contribution in [0, 0.1) is 11.8 Å². The first-order chi connectivity index (χ1) is 9.72. The second-order valence-electron chi connectivity index (χ2n) is 6.18. The van der Waals surface area contributed by atoms with Gasteiger partial charge < -0.3 is 5.11 Å². The molecule has 0 heterocycles. The number of aromatic hydroxyl groups is 1. The first kappa shape index (κ1) is 15.2. The van der Waals surface area contributed by atoms with E-state index in [1.807, 2.05) is 12.1 Å². The summed E-state index contributed by atoms with van der Waals surface area (Å²) in [5, 5.41) is 9.35. The van der Waals surface area contributed by atoms with E-state index in [0.29, 0.717) is 5.75 Å². The van der Waals surface area contributed by atoms with Crippen molar-refractivity contribution >= 4 is 5.57 Å². The maximum absolute atomic E-state index is 9.35. The second kappa shape index (κ2) is 7.52. The van der Waals surface area contributed by atoms with E-state index in [2.05, 4.69) is 19.9 Å². The van der Waals surface area contributed by atoms with Gasteiger partial charge in [0, 0.05) is 0 Å². The zero-order chi connectivity index (χ0) is 14.4. The summed E-state index contributed by atoms with van der Waals surface area (Å²) < 4.78 is 0. The van der Waals surface area contributed by atoms with Gasteiger partial charge >= 0.3 is 0 Å². The Morgan fingerprint density at radius 1 is 1.15 bits per heavy atom. The van der Waals surface area contributed by atoms with Gasteiger partial charge in [-0.1, -0.05) is 51.3 Å². The molecule has 1 heteroatoms. The van der Waals surface area contributed by atoms with Crippen molar-refractivity contribution in [3.8, 4) is 5.75 Å². The molecule has 0 amide bonds. The van der Waals surface area contributed by atoms with Crippen LogP contribution in [-0.4, -0.2) is 5.11 Å². The Labute approximate surface area is 123 Å². The largest absolute Gasteiger partial charge is 0.508 e. The normalized spacial score (nSPS) is 19.1. The summed E-state index contributed by atoms with van der Waals surface area (Å²) in [6.45, 7) is 4.63. The minimum Gasteiger partial charge on any atom is -0.508 e. The van der Waals surface area contributed by atoms with Crippen molar-refractivity contribution in [2.75, 3.05) is 0 Å². The molecule has 0 radical (unpaired) electrons. The predicted molar refractivity (Wildman–Crippen MR) is 86.7 cm³/mol. The second-order valence-corrected chi connectivity index (χ2v) is 6.18. The average molecular weight is 272 g/mol. The van der Waals surface area contributed by atoms with E-state index in [1.165, 1.54) is 56.1 Å². The third kappa shape index (κ3) is 4.13. The Balaban J connectivity index is 1.85. The molecule has 0 bridgehead atoms. The van der Waals surface area contributed by atoms with Gasteiger partial charge in [0.05, 0.1) is 0 Å². The smallest absolute Gasteiger partial charge is 0.115 e. The number of phenols is 1. The summed E-state index contributed by atoms with van der Waals surface area (Å²) >= 11 is 0. The zero-order valence-corrected chi connectivity index (χ0v) is 12.9. The van der Waals surface area contributed by atoms with Crippen LogP contribution in [0.15, 0.2) is 30.3 Å². The van der Waals surface area contributed by atoms with Crippen LogP contribution in [0.1, 0.15) is 64.4 Å². The van der Waals surface area contributed by atoms with Gasteiger partial charge in [-0.3, -0.25) is 0 Å².